The van der Waals surface area contributed by atoms with Crippen molar-refractivity contribution >= 4 is 17.5 Å². The molecule has 1 amide bonds. The van der Waals surface area contributed by atoms with E-state index >= 15 is 0 Å². The Morgan fingerprint density at radius 3 is 2.28 bits per heavy atom. The van der Waals surface area contributed by atoms with Crippen molar-refractivity contribution in [2.45, 2.75) is 52.2 Å². The Morgan fingerprint density at radius 2 is 1.72 bits per heavy atom. The lowest BCUT2D eigenvalue weighted by molar-refractivity contribution is -0.134. The van der Waals surface area contributed by atoms with Gasteiger partial charge in [0.25, 0.3) is 5.91 Å². The van der Waals surface area contributed by atoms with Crippen molar-refractivity contribution in [1.29, 1.82) is 0 Å². The number of amides is 1. The van der Waals surface area contributed by atoms with E-state index in [0.717, 1.165) is 18.4 Å². The molecule has 4 heteroatoms. The largest absolute Gasteiger partial charge is 0.478 e. The first-order valence-corrected chi connectivity index (χ1v) is 9.04. The highest BCUT2D eigenvalue weighted by Gasteiger charge is 2.31. The van der Waals surface area contributed by atoms with Crippen molar-refractivity contribution < 1.29 is 9.53 Å². The first kappa shape index (κ1) is 19.3. The zero-order chi connectivity index (χ0) is 18.4. The molecule has 1 N–H and O–H groups in total. The highest BCUT2D eigenvalue weighted by molar-refractivity contribution is 6.30. The second-order valence-corrected chi connectivity index (χ2v) is 7.19. The Hall–Kier alpha value is -2.00. The van der Waals surface area contributed by atoms with Gasteiger partial charge < -0.3 is 10.1 Å². The summed E-state index contributed by atoms with van der Waals surface area (Å²) >= 11 is 5.88. The van der Waals surface area contributed by atoms with Crippen LogP contribution in [0.25, 0.3) is 0 Å². The van der Waals surface area contributed by atoms with Crippen molar-refractivity contribution in [3.8, 4) is 5.75 Å². The molecule has 1 unspecified atom stereocenters. The van der Waals surface area contributed by atoms with Crippen LogP contribution in [0.1, 0.15) is 51.3 Å². The predicted molar refractivity (Wildman–Crippen MR) is 103 cm³/mol. The lowest BCUT2D eigenvalue weighted by Crippen LogP contribution is -2.47. The summed E-state index contributed by atoms with van der Waals surface area (Å²) in [7, 11) is 0. The number of hydrogen-bond acceptors (Lipinski definition) is 2. The highest BCUT2D eigenvalue weighted by atomic mass is 35.5. The van der Waals surface area contributed by atoms with E-state index in [0.29, 0.717) is 10.8 Å². The lowest BCUT2D eigenvalue weighted by Gasteiger charge is -2.27. The Kier molecular flexibility index (Phi) is 6.49. The zero-order valence-electron chi connectivity index (χ0n) is 15.3. The molecule has 0 aliphatic heterocycles. The molecule has 0 saturated heterocycles. The fourth-order valence-corrected chi connectivity index (χ4v) is 2.69. The Labute approximate surface area is 155 Å². The van der Waals surface area contributed by atoms with Gasteiger partial charge in [-0.1, -0.05) is 49.2 Å². The predicted octanol–water partition coefficient (Wildman–Crippen LogP) is 5.33. The lowest BCUT2D eigenvalue weighted by atomic mass is 10.0. The van der Waals surface area contributed by atoms with Gasteiger partial charge in [0.05, 0.1) is 6.04 Å². The number of nitrogens with one attached hydrogen (secondary N) is 1. The summed E-state index contributed by atoms with van der Waals surface area (Å²) in [6, 6.07) is 15.3. The molecule has 0 aliphatic rings. The van der Waals surface area contributed by atoms with Gasteiger partial charge in [0.1, 0.15) is 5.75 Å². The van der Waals surface area contributed by atoms with Gasteiger partial charge in [-0.15, -0.1) is 0 Å². The minimum atomic E-state index is -0.982. The highest BCUT2D eigenvalue weighted by Crippen LogP contribution is 2.22. The van der Waals surface area contributed by atoms with Crippen LogP contribution in [0, 0.1) is 0 Å². The van der Waals surface area contributed by atoms with Crippen LogP contribution < -0.4 is 10.1 Å². The molecule has 2 rings (SSSR count). The Balaban J connectivity index is 1.99. The van der Waals surface area contributed by atoms with Crippen LogP contribution in [-0.4, -0.2) is 11.5 Å². The van der Waals surface area contributed by atoms with Gasteiger partial charge in [-0.2, -0.15) is 0 Å². The van der Waals surface area contributed by atoms with Gasteiger partial charge in [-0.3, -0.25) is 4.79 Å². The van der Waals surface area contributed by atoms with Crippen LogP contribution >= 0.6 is 11.6 Å². The molecule has 25 heavy (non-hydrogen) atoms. The second kappa shape index (κ2) is 8.39. The van der Waals surface area contributed by atoms with Crippen molar-refractivity contribution in [3.63, 3.8) is 0 Å². The van der Waals surface area contributed by atoms with Crippen LogP contribution in [0.4, 0.5) is 0 Å². The number of carbonyl (C=O) groups is 1. The van der Waals surface area contributed by atoms with Gasteiger partial charge in [0.15, 0.2) is 5.60 Å². The van der Waals surface area contributed by atoms with E-state index in [1.165, 1.54) is 5.56 Å². The summed E-state index contributed by atoms with van der Waals surface area (Å²) < 4.78 is 5.84. The van der Waals surface area contributed by atoms with E-state index in [9.17, 15) is 4.79 Å². The number of hydrogen-bond donors (Lipinski definition) is 1. The van der Waals surface area contributed by atoms with Gasteiger partial charge in [-0.25, -0.2) is 0 Å². The summed E-state index contributed by atoms with van der Waals surface area (Å²) in [6.07, 6.45) is 2.20. The van der Waals surface area contributed by atoms with E-state index in [1.54, 1.807) is 38.1 Å². The van der Waals surface area contributed by atoms with Crippen LogP contribution in [-0.2, 0) is 11.2 Å². The third-order valence-electron chi connectivity index (χ3n) is 4.10. The maximum atomic E-state index is 12.6. The minimum absolute atomic E-state index is 0.0868. The van der Waals surface area contributed by atoms with E-state index in [1.807, 2.05) is 6.92 Å². The van der Waals surface area contributed by atoms with Crippen LogP contribution in [0.15, 0.2) is 48.5 Å². The van der Waals surface area contributed by atoms with Gasteiger partial charge in [-0.05, 0) is 62.6 Å². The van der Waals surface area contributed by atoms with Gasteiger partial charge in [0.2, 0.25) is 0 Å². The minimum Gasteiger partial charge on any atom is -0.478 e. The van der Waals surface area contributed by atoms with Crippen molar-refractivity contribution in [2.24, 2.45) is 0 Å². The molecule has 0 spiro atoms. The standard InChI is InChI=1S/C21H26ClNO2/c1-5-6-16-7-9-17(10-8-16)15(2)23-20(24)21(3,4)25-19-13-11-18(22)12-14-19/h7-15H,5-6H2,1-4H3,(H,23,24). The number of aryl methyl sites for hydroxylation is 1. The monoisotopic (exact) mass is 359 g/mol. The molecule has 0 fully saturated rings. The number of rotatable bonds is 7. The third-order valence-corrected chi connectivity index (χ3v) is 4.35. The molecule has 1 atom stereocenters. The molecule has 0 heterocycles. The number of ether oxygens (including phenoxy) is 1. The number of carbonyl (C=O) groups excluding carboxylic acids is 1. The summed E-state index contributed by atoms with van der Waals surface area (Å²) in [6.45, 7) is 7.66. The van der Waals surface area contributed by atoms with E-state index < -0.39 is 5.60 Å². The van der Waals surface area contributed by atoms with Crippen LogP contribution in [0.5, 0.6) is 5.75 Å². The van der Waals surface area contributed by atoms with Gasteiger partial charge in [0, 0.05) is 5.02 Å². The maximum Gasteiger partial charge on any atom is 0.264 e. The molecule has 134 valence electrons. The second-order valence-electron chi connectivity index (χ2n) is 6.75. The molecule has 0 saturated carbocycles. The van der Waals surface area contributed by atoms with E-state index in [2.05, 4.69) is 36.5 Å². The van der Waals surface area contributed by atoms with E-state index in [4.69, 9.17) is 16.3 Å². The molecule has 0 aliphatic carbocycles. The fourth-order valence-electron chi connectivity index (χ4n) is 2.56. The van der Waals surface area contributed by atoms with Crippen molar-refractivity contribution in [1.82, 2.24) is 5.32 Å². The molecule has 2 aromatic rings. The summed E-state index contributed by atoms with van der Waals surface area (Å²) in [5, 5.41) is 3.66. The fraction of sp³-hybridized carbons (Fsp3) is 0.381. The molecule has 0 bridgehead atoms. The Morgan fingerprint density at radius 1 is 1.12 bits per heavy atom. The Bertz CT molecular complexity index is 693. The first-order valence-electron chi connectivity index (χ1n) is 8.66. The molecular weight excluding hydrogens is 334 g/mol. The summed E-state index contributed by atoms with van der Waals surface area (Å²) in [5.74, 6) is 0.453. The normalized spacial score (nSPS) is 12.5. The van der Waals surface area contributed by atoms with Gasteiger partial charge >= 0.3 is 0 Å². The summed E-state index contributed by atoms with van der Waals surface area (Å²) in [5.41, 5.74) is 1.41. The maximum absolute atomic E-state index is 12.6. The average Bonchev–Trinajstić information content (AvgIpc) is 2.57. The third kappa shape index (κ3) is 5.50. The first-order chi connectivity index (χ1) is 11.8. The SMILES string of the molecule is CCCc1ccc(C(C)NC(=O)C(C)(C)Oc2ccc(Cl)cc2)cc1. The topological polar surface area (TPSA) is 38.3 Å². The van der Waals surface area contributed by atoms with Crippen molar-refractivity contribution in [3.05, 3.63) is 64.7 Å². The smallest absolute Gasteiger partial charge is 0.264 e. The zero-order valence-corrected chi connectivity index (χ0v) is 16.1. The van der Waals surface area contributed by atoms with Crippen molar-refractivity contribution in [2.75, 3.05) is 0 Å². The quantitative estimate of drug-likeness (QED) is 0.725. The number of halogens is 1. The molecule has 3 nitrogen and oxygen atoms in total. The van der Waals surface area contributed by atoms with Crippen LogP contribution in [0.2, 0.25) is 5.02 Å². The number of benzene rings is 2. The molecule has 0 radical (unpaired) electrons. The average molecular weight is 360 g/mol. The molecule has 2 aromatic carbocycles. The van der Waals surface area contributed by atoms with Crippen LogP contribution in [0.3, 0.4) is 0 Å². The molecule has 0 aromatic heterocycles. The molecular formula is C21H26ClNO2. The van der Waals surface area contributed by atoms with E-state index in [-0.39, 0.29) is 11.9 Å². The summed E-state index contributed by atoms with van der Waals surface area (Å²) in [4.78, 5) is 12.6.